The Morgan fingerprint density at radius 3 is 2.77 bits per heavy atom. The smallest absolute Gasteiger partial charge is 0.406 e. The molecule has 0 saturated carbocycles. The number of nitrogens with zero attached hydrogens (tertiary/aromatic N) is 4. The third-order valence-corrected chi connectivity index (χ3v) is 4.84. The van der Waals surface area contributed by atoms with Crippen LogP contribution in [-0.2, 0) is 6.42 Å². The molecular weight excluding hydrogens is 399 g/mol. The quantitative estimate of drug-likeness (QED) is 0.629. The van der Waals surface area contributed by atoms with Crippen molar-refractivity contribution in [1.29, 1.82) is 0 Å². The van der Waals surface area contributed by atoms with E-state index in [0.717, 1.165) is 19.4 Å². The number of aliphatic hydroxyl groups excluding tert-OH is 1. The van der Waals surface area contributed by atoms with Crippen LogP contribution in [0.2, 0.25) is 0 Å². The zero-order valence-corrected chi connectivity index (χ0v) is 16.5. The maximum atomic E-state index is 12.2. The van der Waals surface area contributed by atoms with Gasteiger partial charge in [0.1, 0.15) is 17.9 Å². The number of likely N-dealkylation sites (tertiary alicyclic amines) is 1. The third-order valence-electron chi connectivity index (χ3n) is 4.84. The number of allylic oxidation sites excluding steroid dienone is 1. The van der Waals surface area contributed by atoms with E-state index in [1.54, 1.807) is 0 Å². The number of hydrogen-bond acceptors (Lipinski definition) is 7. The van der Waals surface area contributed by atoms with Gasteiger partial charge < -0.3 is 15.2 Å². The molecule has 30 heavy (non-hydrogen) atoms. The second kappa shape index (κ2) is 9.86. The van der Waals surface area contributed by atoms with Crippen LogP contribution in [0.5, 0.6) is 5.75 Å². The Morgan fingerprint density at radius 1 is 1.30 bits per heavy atom. The number of rotatable bonds is 8. The van der Waals surface area contributed by atoms with Gasteiger partial charge in [-0.25, -0.2) is 9.97 Å². The molecule has 162 valence electrons. The first-order chi connectivity index (χ1) is 14.3. The van der Waals surface area contributed by atoms with Crippen LogP contribution in [0, 0.1) is 0 Å². The predicted molar refractivity (Wildman–Crippen MR) is 105 cm³/mol. The van der Waals surface area contributed by atoms with E-state index >= 15 is 0 Å². The van der Waals surface area contributed by atoms with E-state index in [4.69, 9.17) is 0 Å². The first-order valence-electron chi connectivity index (χ1n) is 9.68. The molecule has 7 nitrogen and oxygen atoms in total. The van der Waals surface area contributed by atoms with Crippen LogP contribution in [0.3, 0.4) is 0 Å². The highest BCUT2D eigenvalue weighted by atomic mass is 19.4. The summed E-state index contributed by atoms with van der Waals surface area (Å²) in [5, 5.41) is 12.4. The summed E-state index contributed by atoms with van der Waals surface area (Å²) in [5.74, 6) is 0.559. The number of aromatic nitrogens is 3. The molecule has 2 N–H and O–H groups in total. The van der Waals surface area contributed by atoms with Gasteiger partial charge in [0.05, 0.1) is 6.61 Å². The van der Waals surface area contributed by atoms with E-state index in [1.807, 2.05) is 6.08 Å². The maximum absolute atomic E-state index is 12.2. The number of anilines is 2. The Morgan fingerprint density at radius 2 is 2.07 bits per heavy atom. The highest BCUT2D eigenvalue weighted by Crippen LogP contribution is 2.24. The highest BCUT2D eigenvalue weighted by molar-refractivity contribution is 5.54. The monoisotopic (exact) mass is 423 g/mol. The second-order valence-corrected chi connectivity index (χ2v) is 7.01. The van der Waals surface area contributed by atoms with Crippen LogP contribution in [0.15, 0.2) is 42.7 Å². The number of benzene rings is 1. The molecule has 1 unspecified atom stereocenters. The minimum Gasteiger partial charge on any atom is -0.406 e. The predicted octanol–water partition coefficient (Wildman–Crippen LogP) is 3.46. The average Bonchev–Trinajstić information content (AvgIpc) is 3.18. The Kier molecular flexibility index (Phi) is 7.22. The van der Waals surface area contributed by atoms with Gasteiger partial charge in [-0.3, -0.25) is 4.90 Å². The molecule has 1 aliphatic rings. The summed E-state index contributed by atoms with van der Waals surface area (Å²) in [7, 11) is 0. The second-order valence-electron chi connectivity index (χ2n) is 7.01. The standard InChI is InChI=1S/C20H24F3N5O2/c1-14(28-11-3-5-16(28)12-29)4-2-6-18-24-13-25-19(27-18)26-15-7-9-17(10-8-15)30-20(21,22)23/h2,4,7-10,13-14,16,29H,3,5-6,11-12H2,1H3,(H,24,25,26,27)/b4-2-/t14?,16-/m1/s1. The SMILES string of the molecule is CC(/C=C\Cc1ncnc(Nc2ccc(OC(F)(F)F)cc2)n1)N1CCC[C@@H]1CO. The summed E-state index contributed by atoms with van der Waals surface area (Å²) in [6.07, 6.45) is 3.33. The summed E-state index contributed by atoms with van der Waals surface area (Å²) in [5.41, 5.74) is 0.523. The van der Waals surface area contributed by atoms with Crippen LogP contribution in [-0.4, -0.2) is 56.6 Å². The minimum absolute atomic E-state index is 0.171. The van der Waals surface area contributed by atoms with Crippen molar-refractivity contribution in [2.24, 2.45) is 0 Å². The zero-order valence-electron chi connectivity index (χ0n) is 16.5. The molecule has 0 spiro atoms. The van der Waals surface area contributed by atoms with E-state index < -0.39 is 6.36 Å². The number of nitrogens with one attached hydrogen (secondary N) is 1. The van der Waals surface area contributed by atoms with Gasteiger partial charge in [0, 0.05) is 24.2 Å². The topological polar surface area (TPSA) is 83.4 Å². The Balaban J connectivity index is 1.55. The molecule has 0 amide bonds. The van der Waals surface area contributed by atoms with Gasteiger partial charge in [0.2, 0.25) is 5.95 Å². The van der Waals surface area contributed by atoms with Crippen LogP contribution < -0.4 is 10.1 Å². The van der Waals surface area contributed by atoms with Gasteiger partial charge in [-0.2, -0.15) is 4.98 Å². The van der Waals surface area contributed by atoms with Gasteiger partial charge in [-0.15, -0.1) is 13.2 Å². The number of alkyl halides is 3. The number of aliphatic hydroxyl groups is 1. The molecule has 1 aromatic heterocycles. The molecule has 10 heteroatoms. The molecule has 1 saturated heterocycles. The van der Waals surface area contributed by atoms with Crippen molar-refractivity contribution < 1.29 is 23.0 Å². The molecule has 1 fully saturated rings. The molecule has 2 aromatic rings. The third kappa shape index (κ3) is 6.39. The molecule has 2 atom stereocenters. The summed E-state index contributed by atoms with van der Waals surface area (Å²) in [6.45, 7) is 3.24. The van der Waals surface area contributed by atoms with Gasteiger partial charge in [0.15, 0.2) is 0 Å². The molecule has 1 aliphatic heterocycles. The van der Waals surface area contributed by atoms with Crippen molar-refractivity contribution in [2.75, 3.05) is 18.5 Å². The molecule has 0 radical (unpaired) electrons. The average molecular weight is 423 g/mol. The number of ether oxygens (including phenoxy) is 1. The maximum Gasteiger partial charge on any atom is 0.573 e. The molecular formula is C20H24F3N5O2. The lowest BCUT2D eigenvalue weighted by molar-refractivity contribution is -0.274. The van der Waals surface area contributed by atoms with Crippen molar-refractivity contribution in [3.63, 3.8) is 0 Å². The lowest BCUT2D eigenvalue weighted by atomic mass is 10.2. The fourth-order valence-corrected chi connectivity index (χ4v) is 3.43. The molecule has 3 rings (SSSR count). The van der Waals surface area contributed by atoms with Gasteiger partial charge in [0.25, 0.3) is 0 Å². The lowest BCUT2D eigenvalue weighted by Crippen LogP contribution is -2.38. The van der Waals surface area contributed by atoms with Gasteiger partial charge in [-0.1, -0.05) is 12.2 Å². The Bertz CT molecular complexity index is 845. The first-order valence-corrected chi connectivity index (χ1v) is 9.68. The summed E-state index contributed by atoms with van der Waals surface area (Å²) in [4.78, 5) is 14.8. The fraction of sp³-hybridized carbons (Fsp3) is 0.450. The largest absolute Gasteiger partial charge is 0.573 e. The Labute approximate surface area is 172 Å². The van der Waals surface area contributed by atoms with E-state index in [1.165, 1.54) is 30.6 Å². The molecule has 1 aromatic carbocycles. The van der Waals surface area contributed by atoms with Crippen LogP contribution >= 0.6 is 0 Å². The fourth-order valence-electron chi connectivity index (χ4n) is 3.43. The number of hydrogen-bond donors (Lipinski definition) is 2. The van der Waals surface area contributed by atoms with Crippen molar-refractivity contribution in [3.05, 3.63) is 48.6 Å². The van der Waals surface area contributed by atoms with Crippen LogP contribution in [0.25, 0.3) is 0 Å². The van der Waals surface area contributed by atoms with Crippen LogP contribution in [0.4, 0.5) is 24.8 Å². The van der Waals surface area contributed by atoms with Crippen molar-refractivity contribution in [3.8, 4) is 5.75 Å². The minimum atomic E-state index is -4.73. The summed E-state index contributed by atoms with van der Waals surface area (Å²) >= 11 is 0. The van der Waals surface area contributed by atoms with Gasteiger partial charge in [-0.05, 0) is 50.6 Å². The van der Waals surface area contributed by atoms with Crippen molar-refractivity contribution in [2.45, 2.75) is 44.6 Å². The van der Waals surface area contributed by atoms with E-state index in [-0.39, 0.29) is 24.4 Å². The zero-order chi connectivity index (χ0) is 21.6. The van der Waals surface area contributed by atoms with Crippen molar-refractivity contribution >= 4 is 11.6 Å². The highest BCUT2D eigenvalue weighted by Gasteiger charge is 2.31. The first kappa shape index (κ1) is 22.0. The summed E-state index contributed by atoms with van der Waals surface area (Å²) in [6, 6.07) is 5.73. The molecule has 0 aliphatic carbocycles. The molecule has 0 bridgehead atoms. The lowest BCUT2D eigenvalue weighted by Gasteiger charge is -2.27. The normalized spacial score (nSPS) is 18.6. The van der Waals surface area contributed by atoms with Gasteiger partial charge >= 0.3 is 6.36 Å². The number of halogens is 3. The van der Waals surface area contributed by atoms with E-state index in [9.17, 15) is 18.3 Å². The van der Waals surface area contributed by atoms with E-state index in [0.29, 0.717) is 23.9 Å². The molecule has 2 heterocycles. The van der Waals surface area contributed by atoms with E-state index in [2.05, 4.69) is 42.9 Å². The summed E-state index contributed by atoms with van der Waals surface area (Å²) < 4.78 is 40.5. The Hall–Kier alpha value is -2.72. The van der Waals surface area contributed by atoms with Crippen LogP contribution in [0.1, 0.15) is 25.6 Å². The van der Waals surface area contributed by atoms with Crippen molar-refractivity contribution in [1.82, 2.24) is 19.9 Å².